The SMILES string of the molecule is CCCc1ccc(C(=O)SC(C)C(=O)OCC)cc1. The van der Waals surface area contributed by atoms with Gasteiger partial charge in [0, 0.05) is 5.56 Å². The fourth-order valence-electron chi connectivity index (χ4n) is 1.63. The molecule has 0 aliphatic heterocycles. The van der Waals surface area contributed by atoms with Crippen LogP contribution in [0.2, 0.25) is 0 Å². The number of rotatable bonds is 6. The number of aryl methyl sites for hydroxylation is 1. The first-order valence-electron chi connectivity index (χ1n) is 6.55. The van der Waals surface area contributed by atoms with Gasteiger partial charge in [0.15, 0.2) is 0 Å². The van der Waals surface area contributed by atoms with Crippen LogP contribution < -0.4 is 0 Å². The molecule has 0 N–H and O–H groups in total. The minimum Gasteiger partial charge on any atom is -0.465 e. The fourth-order valence-corrected chi connectivity index (χ4v) is 2.39. The van der Waals surface area contributed by atoms with Crippen LogP contribution in [-0.2, 0) is 16.0 Å². The Morgan fingerprint density at radius 2 is 1.84 bits per heavy atom. The molecule has 0 aromatic heterocycles. The predicted octanol–water partition coefficient (Wildman–Crippen LogP) is 3.46. The van der Waals surface area contributed by atoms with Crippen LogP contribution in [0.4, 0.5) is 0 Å². The Labute approximate surface area is 118 Å². The fraction of sp³-hybridized carbons (Fsp3) is 0.467. The third-order valence-corrected chi connectivity index (χ3v) is 3.63. The maximum Gasteiger partial charge on any atom is 0.319 e. The third kappa shape index (κ3) is 5.07. The predicted molar refractivity (Wildman–Crippen MR) is 78.5 cm³/mol. The van der Waals surface area contributed by atoms with Crippen molar-refractivity contribution in [1.29, 1.82) is 0 Å². The summed E-state index contributed by atoms with van der Waals surface area (Å²) in [6.45, 7) is 5.90. The third-order valence-electron chi connectivity index (χ3n) is 2.63. The molecular formula is C15H20O3S. The van der Waals surface area contributed by atoms with E-state index in [0.717, 1.165) is 24.6 Å². The zero-order valence-corrected chi connectivity index (χ0v) is 12.5. The summed E-state index contributed by atoms with van der Waals surface area (Å²) in [4.78, 5) is 23.4. The molecule has 1 rings (SSSR count). The molecule has 0 saturated carbocycles. The number of hydrogen-bond acceptors (Lipinski definition) is 4. The molecule has 0 spiro atoms. The molecule has 0 radical (unpaired) electrons. The topological polar surface area (TPSA) is 43.4 Å². The number of carbonyl (C=O) groups excluding carboxylic acids is 2. The van der Waals surface area contributed by atoms with Crippen molar-refractivity contribution in [2.45, 2.75) is 38.9 Å². The van der Waals surface area contributed by atoms with Crippen molar-refractivity contribution in [3.05, 3.63) is 35.4 Å². The van der Waals surface area contributed by atoms with Gasteiger partial charge in [0.2, 0.25) is 5.12 Å². The normalized spacial score (nSPS) is 11.9. The molecule has 1 aromatic carbocycles. The highest BCUT2D eigenvalue weighted by Gasteiger charge is 2.19. The second kappa shape index (κ2) is 8.00. The molecular weight excluding hydrogens is 260 g/mol. The Bertz CT molecular complexity index is 426. The van der Waals surface area contributed by atoms with E-state index >= 15 is 0 Å². The zero-order chi connectivity index (χ0) is 14.3. The smallest absolute Gasteiger partial charge is 0.319 e. The van der Waals surface area contributed by atoms with Crippen molar-refractivity contribution < 1.29 is 14.3 Å². The minimum absolute atomic E-state index is 0.0939. The molecule has 0 heterocycles. The summed E-state index contributed by atoms with van der Waals surface area (Å²) in [5, 5.41) is -0.564. The standard InChI is InChI=1S/C15H20O3S/c1-4-6-12-7-9-13(10-8-12)15(17)19-11(3)14(16)18-5-2/h7-11H,4-6H2,1-3H3. The van der Waals surface area contributed by atoms with E-state index in [0.29, 0.717) is 12.2 Å². The van der Waals surface area contributed by atoms with Gasteiger partial charge in [-0.3, -0.25) is 9.59 Å². The number of hydrogen-bond donors (Lipinski definition) is 0. The molecule has 1 aromatic rings. The number of ether oxygens (including phenoxy) is 1. The summed E-state index contributed by atoms with van der Waals surface area (Å²) in [5.74, 6) is -0.344. The summed E-state index contributed by atoms with van der Waals surface area (Å²) in [6, 6.07) is 7.56. The molecule has 0 fully saturated rings. The second-order valence-electron chi connectivity index (χ2n) is 4.25. The average molecular weight is 280 g/mol. The Balaban J connectivity index is 2.60. The molecule has 104 valence electrons. The quantitative estimate of drug-likeness (QED) is 0.748. The van der Waals surface area contributed by atoms with Gasteiger partial charge in [-0.25, -0.2) is 0 Å². The molecule has 0 amide bonds. The number of thioether (sulfide) groups is 1. The molecule has 0 aliphatic rings. The highest BCUT2D eigenvalue weighted by molar-refractivity contribution is 8.15. The van der Waals surface area contributed by atoms with E-state index in [1.54, 1.807) is 13.8 Å². The lowest BCUT2D eigenvalue weighted by Crippen LogP contribution is -2.18. The van der Waals surface area contributed by atoms with Gasteiger partial charge in [0.1, 0.15) is 5.25 Å². The van der Waals surface area contributed by atoms with Crippen LogP contribution >= 0.6 is 11.8 Å². The molecule has 0 bridgehead atoms. The van der Waals surface area contributed by atoms with E-state index in [2.05, 4.69) is 6.92 Å². The van der Waals surface area contributed by atoms with Crippen LogP contribution in [0.25, 0.3) is 0 Å². The molecule has 1 atom stereocenters. The largest absolute Gasteiger partial charge is 0.465 e. The van der Waals surface area contributed by atoms with Crippen molar-refractivity contribution >= 4 is 22.8 Å². The van der Waals surface area contributed by atoms with E-state index in [-0.39, 0.29) is 11.1 Å². The molecule has 0 saturated heterocycles. The van der Waals surface area contributed by atoms with Crippen LogP contribution in [-0.4, -0.2) is 22.9 Å². The Hall–Kier alpha value is -1.29. The molecule has 0 aliphatic carbocycles. The maximum absolute atomic E-state index is 12.0. The Morgan fingerprint density at radius 1 is 1.21 bits per heavy atom. The first-order valence-corrected chi connectivity index (χ1v) is 7.43. The number of esters is 1. The van der Waals surface area contributed by atoms with Gasteiger partial charge in [0.05, 0.1) is 6.61 Å². The highest BCUT2D eigenvalue weighted by Crippen LogP contribution is 2.19. The van der Waals surface area contributed by atoms with Gasteiger partial charge in [-0.1, -0.05) is 49.4 Å². The van der Waals surface area contributed by atoms with Crippen LogP contribution in [0.3, 0.4) is 0 Å². The zero-order valence-electron chi connectivity index (χ0n) is 11.6. The van der Waals surface area contributed by atoms with E-state index < -0.39 is 5.25 Å². The van der Waals surface area contributed by atoms with E-state index in [1.807, 2.05) is 24.3 Å². The van der Waals surface area contributed by atoms with E-state index in [9.17, 15) is 9.59 Å². The minimum atomic E-state index is -0.470. The molecule has 1 unspecified atom stereocenters. The highest BCUT2D eigenvalue weighted by atomic mass is 32.2. The van der Waals surface area contributed by atoms with Gasteiger partial charge >= 0.3 is 5.97 Å². The van der Waals surface area contributed by atoms with Gasteiger partial charge in [-0.05, 0) is 25.8 Å². The van der Waals surface area contributed by atoms with Crippen LogP contribution in [0.1, 0.15) is 43.1 Å². The van der Waals surface area contributed by atoms with Crippen LogP contribution in [0, 0.1) is 0 Å². The van der Waals surface area contributed by atoms with Crippen molar-refractivity contribution in [3.63, 3.8) is 0 Å². The lowest BCUT2D eigenvalue weighted by atomic mass is 10.1. The summed E-state index contributed by atoms with van der Waals surface area (Å²) < 4.78 is 4.88. The monoisotopic (exact) mass is 280 g/mol. The Morgan fingerprint density at radius 3 is 2.37 bits per heavy atom. The van der Waals surface area contributed by atoms with Crippen molar-refractivity contribution in [3.8, 4) is 0 Å². The van der Waals surface area contributed by atoms with Gasteiger partial charge in [0.25, 0.3) is 0 Å². The Kier molecular flexibility index (Phi) is 6.64. The maximum atomic E-state index is 12.0. The molecule has 4 heteroatoms. The summed E-state index contributed by atoms with van der Waals surface area (Å²) in [6.07, 6.45) is 2.10. The summed E-state index contributed by atoms with van der Waals surface area (Å²) >= 11 is 1.01. The van der Waals surface area contributed by atoms with Gasteiger partial charge in [-0.2, -0.15) is 0 Å². The number of carbonyl (C=O) groups is 2. The van der Waals surface area contributed by atoms with E-state index in [1.165, 1.54) is 5.56 Å². The van der Waals surface area contributed by atoms with E-state index in [4.69, 9.17) is 4.74 Å². The van der Waals surface area contributed by atoms with Gasteiger partial charge in [-0.15, -0.1) is 0 Å². The van der Waals surface area contributed by atoms with Crippen molar-refractivity contribution in [1.82, 2.24) is 0 Å². The van der Waals surface area contributed by atoms with Crippen LogP contribution in [0.5, 0.6) is 0 Å². The first-order chi connectivity index (χ1) is 9.08. The second-order valence-corrected chi connectivity index (χ2v) is 5.56. The lowest BCUT2D eigenvalue weighted by Gasteiger charge is -2.09. The van der Waals surface area contributed by atoms with Crippen molar-refractivity contribution in [2.75, 3.05) is 6.61 Å². The molecule has 3 nitrogen and oxygen atoms in total. The molecule has 19 heavy (non-hydrogen) atoms. The lowest BCUT2D eigenvalue weighted by molar-refractivity contribution is -0.142. The first kappa shape index (κ1) is 15.8. The van der Waals surface area contributed by atoms with Gasteiger partial charge < -0.3 is 4.74 Å². The van der Waals surface area contributed by atoms with Crippen LogP contribution in [0.15, 0.2) is 24.3 Å². The average Bonchev–Trinajstić information content (AvgIpc) is 2.40. The summed E-state index contributed by atoms with van der Waals surface area (Å²) in [5.41, 5.74) is 1.85. The summed E-state index contributed by atoms with van der Waals surface area (Å²) in [7, 11) is 0. The number of benzene rings is 1. The van der Waals surface area contributed by atoms with Crippen molar-refractivity contribution in [2.24, 2.45) is 0 Å².